The lowest BCUT2D eigenvalue weighted by atomic mass is 10.0. The maximum atomic E-state index is 13.8. The quantitative estimate of drug-likeness (QED) is 0.571. The fourth-order valence-corrected chi connectivity index (χ4v) is 2.70. The number of rotatable bonds is 6. The number of Topliss-reactive ketones (excluding diaryl/α,β-unsaturated/α-hetero) is 1. The summed E-state index contributed by atoms with van der Waals surface area (Å²) in [5.41, 5.74) is 1.08. The normalized spacial score (nSPS) is 10.6. The van der Waals surface area contributed by atoms with E-state index in [9.17, 15) is 19.1 Å². The van der Waals surface area contributed by atoms with Crippen molar-refractivity contribution in [2.75, 3.05) is 6.61 Å². The first kappa shape index (κ1) is 19.1. The molecule has 1 heterocycles. The van der Waals surface area contributed by atoms with Crippen LogP contribution in [0.2, 0.25) is 0 Å². The van der Waals surface area contributed by atoms with Crippen molar-refractivity contribution in [3.05, 3.63) is 45.8 Å². The molecule has 0 aliphatic rings. The number of nitrogens with zero attached hydrogens (tertiary/aromatic N) is 1. The average molecular weight is 410 g/mol. The minimum Gasteiger partial charge on any atom is -0.504 e. The van der Waals surface area contributed by atoms with Crippen LogP contribution in [0.3, 0.4) is 0 Å². The highest BCUT2D eigenvalue weighted by atomic mass is 79.9. The molecule has 0 spiro atoms. The first-order valence-electron chi connectivity index (χ1n) is 7.69. The molecule has 0 aliphatic heterocycles. The van der Waals surface area contributed by atoms with Crippen molar-refractivity contribution in [2.24, 2.45) is 0 Å². The Kier molecular flexibility index (Phi) is 6.25. The van der Waals surface area contributed by atoms with Gasteiger partial charge in [0.2, 0.25) is 0 Å². The molecule has 0 atom stereocenters. The zero-order valence-corrected chi connectivity index (χ0v) is 15.4. The van der Waals surface area contributed by atoms with Crippen LogP contribution in [-0.4, -0.2) is 28.4 Å². The minimum atomic E-state index is -0.498. The van der Waals surface area contributed by atoms with Gasteiger partial charge in [-0.2, -0.15) is 0 Å². The Morgan fingerprint density at radius 3 is 2.72 bits per heavy atom. The fourth-order valence-electron chi connectivity index (χ4n) is 2.29. The summed E-state index contributed by atoms with van der Waals surface area (Å²) in [5, 5.41) is 10.1. The van der Waals surface area contributed by atoms with Crippen LogP contribution in [0.1, 0.15) is 35.8 Å². The zero-order valence-electron chi connectivity index (χ0n) is 13.8. The van der Waals surface area contributed by atoms with Crippen LogP contribution in [0.15, 0.2) is 28.7 Å². The smallest absolute Gasteiger partial charge is 0.306 e. The summed E-state index contributed by atoms with van der Waals surface area (Å²) in [6.45, 7) is 3.51. The van der Waals surface area contributed by atoms with Crippen LogP contribution in [0.5, 0.6) is 5.75 Å². The molecular formula is C18H17BrFNO4. The summed E-state index contributed by atoms with van der Waals surface area (Å²) in [6, 6.07) is 6.07. The topological polar surface area (TPSA) is 76.5 Å². The SMILES string of the molecule is CCOC(=O)CCC(=O)c1nc(-c2cccc(F)c2C)cc(Br)c1O. The Bertz CT molecular complexity index is 823. The predicted molar refractivity (Wildman–Crippen MR) is 93.9 cm³/mol. The molecule has 0 fully saturated rings. The molecule has 0 aliphatic carbocycles. The van der Waals surface area contributed by atoms with E-state index in [0.29, 0.717) is 16.8 Å². The molecule has 1 N–H and O–H groups in total. The predicted octanol–water partition coefficient (Wildman–Crippen LogP) is 4.19. The van der Waals surface area contributed by atoms with E-state index in [4.69, 9.17) is 4.74 Å². The van der Waals surface area contributed by atoms with Crippen LogP contribution < -0.4 is 0 Å². The van der Waals surface area contributed by atoms with Gasteiger partial charge in [0.25, 0.3) is 0 Å². The van der Waals surface area contributed by atoms with Crippen LogP contribution in [-0.2, 0) is 9.53 Å². The third-order valence-electron chi connectivity index (χ3n) is 3.62. The zero-order chi connectivity index (χ0) is 18.6. The standard InChI is InChI=1S/C18H17BrFNO4/c1-3-25-16(23)8-7-15(22)17-18(24)12(19)9-14(21-17)11-5-4-6-13(20)10(11)2/h4-6,9,24H,3,7-8H2,1-2H3. The van der Waals surface area contributed by atoms with Crippen molar-refractivity contribution in [3.63, 3.8) is 0 Å². The molecule has 0 saturated carbocycles. The Hall–Kier alpha value is -2.28. The summed E-state index contributed by atoms with van der Waals surface area (Å²) in [7, 11) is 0. The average Bonchev–Trinajstić information content (AvgIpc) is 2.58. The fraction of sp³-hybridized carbons (Fsp3) is 0.278. The highest BCUT2D eigenvalue weighted by Gasteiger charge is 2.20. The van der Waals surface area contributed by atoms with Crippen LogP contribution in [0, 0.1) is 12.7 Å². The summed E-state index contributed by atoms with van der Waals surface area (Å²) in [4.78, 5) is 27.9. The Morgan fingerprint density at radius 1 is 1.32 bits per heavy atom. The number of hydrogen-bond donors (Lipinski definition) is 1. The van der Waals surface area contributed by atoms with E-state index in [1.54, 1.807) is 26.0 Å². The number of ether oxygens (including phenoxy) is 1. The lowest BCUT2D eigenvalue weighted by molar-refractivity contribution is -0.143. The number of pyridine rings is 1. The van der Waals surface area contributed by atoms with Crippen molar-refractivity contribution in [2.45, 2.75) is 26.7 Å². The highest BCUT2D eigenvalue weighted by molar-refractivity contribution is 9.10. The first-order valence-corrected chi connectivity index (χ1v) is 8.48. The van der Waals surface area contributed by atoms with Gasteiger partial charge in [-0.3, -0.25) is 9.59 Å². The van der Waals surface area contributed by atoms with Crippen molar-refractivity contribution in [1.82, 2.24) is 4.98 Å². The molecule has 0 amide bonds. The molecule has 5 nitrogen and oxygen atoms in total. The number of esters is 1. The Balaban J connectivity index is 2.36. The summed E-state index contributed by atoms with van der Waals surface area (Å²) < 4.78 is 18.8. The second kappa shape index (κ2) is 8.20. The van der Waals surface area contributed by atoms with Crippen LogP contribution >= 0.6 is 15.9 Å². The second-order valence-corrected chi connectivity index (χ2v) is 6.18. The van der Waals surface area contributed by atoms with E-state index in [1.807, 2.05) is 0 Å². The number of ketones is 1. The summed E-state index contributed by atoms with van der Waals surface area (Å²) in [5.74, 6) is -1.70. The summed E-state index contributed by atoms with van der Waals surface area (Å²) >= 11 is 3.18. The number of carbonyl (C=O) groups is 2. The van der Waals surface area contributed by atoms with Gasteiger partial charge in [-0.1, -0.05) is 12.1 Å². The molecule has 2 rings (SSSR count). The first-order chi connectivity index (χ1) is 11.8. The van der Waals surface area contributed by atoms with E-state index in [2.05, 4.69) is 20.9 Å². The van der Waals surface area contributed by atoms with Crippen molar-refractivity contribution in [1.29, 1.82) is 0 Å². The molecule has 1 aromatic carbocycles. The maximum Gasteiger partial charge on any atom is 0.306 e. The lowest BCUT2D eigenvalue weighted by Gasteiger charge is -2.11. The molecule has 132 valence electrons. The minimum absolute atomic E-state index is 0.103. The van der Waals surface area contributed by atoms with Gasteiger partial charge in [0.1, 0.15) is 11.5 Å². The van der Waals surface area contributed by atoms with Gasteiger partial charge >= 0.3 is 5.97 Å². The van der Waals surface area contributed by atoms with E-state index >= 15 is 0 Å². The van der Waals surface area contributed by atoms with Gasteiger partial charge in [-0.25, -0.2) is 9.37 Å². The molecule has 0 unspecified atom stereocenters. The molecule has 7 heteroatoms. The second-order valence-electron chi connectivity index (χ2n) is 5.33. The molecule has 0 saturated heterocycles. The molecule has 2 aromatic rings. The van der Waals surface area contributed by atoms with E-state index < -0.39 is 17.6 Å². The van der Waals surface area contributed by atoms with E-state index in [-0.39, 0.29) is 35.4 Å². The number of aromatic nitrogens is 1. The highest BCUT2D eigenvalue weighted by Crippen LogP contribution is 2.33. The van der Waals surface area contributed by atoms with Gasteiger partial charge in [0, 0.05) is 12.0 Å². The number of hydrogen-bond acceptors (Lipinski definition) is 5. The van der Waals surface area contributed by atoms with Gasteiger partial charge in [-0.15, -0.1) is 0 Å². The lowest BCUT2D eigenvalue weighted by Crippen LogP contribution is -2.10. The van der Waals surface area contributed by atoms with Gasteiger partial charge in [-0.05, 0) is 47.5 Å². The van der Waals surface area contributed by atoms with Crippen LogP contribution in [0.4, 0.5) is 4.39 Å². The van der Waals surface area contributed by atoms with E-state index in [1.165, 1.54) is 12.1 Å². The monoisotopic (exact) mass is 409 g/mol. The molecular weight excluding hydrogens is 393 g/mol. The third-order valence-corrected chi connectivity index (χ3v) is 4.22. The van der Waals surface area contributed by atoms with Gasteiger partial charge in [0.05, 0.1) is 23.2 Å². The van der Waals surface area contributed by atoms with Gasteiger partial charge < -0.3 is 9.84 Å². The molecule has 25 heavy (non-hydrogen) atoms. The third kappa shape index (κ3) is 4.42. The van der Waals surface area contributed by atoms with Crippen LogP contribution in [0.25, 0.3) is 11.3 Å². The number of halogens is 2. The maximum absolute atomic E-state index is 13.8. The summed E-state index contributed by atoms with van der Waals surface area (Å²) in [6.07, 6.45) is -0.244. The largest absolute Gasteiger partial charge is 0.504 e. The van der Waals surface area contributed by atoms with Crippen molar-refractivity contribution in [3.8, 4) is 17.0 Å². The number of benzene rings is 1. The molecule has 0 radical (unpaired) electrons. The number of carbonyl (C=O) groups excluding carboxylic acids is 2. The van der Waals surface area contributed by atoms with Crippen molar-refractivity contribution < 1.29 is 23.8 Å². The van der Waals surface area contributed by atoms with Gasteiger partial charge in [0.15, 0.2) is 11.5 Å². The molecule has 1 aromatic heterocycles. The van der Waals surface area contributed by atoms with E-state index in [0.717, 1.165) is 0 Å². The Labute approximate surface area is 153 Å². The van der Waals surface area contributed by atoms with Crippen molar-refractivity contribution >= 4 is 27.7 Å². The number of aromatic hydroxyl groups is 1. The molecule has 0 bridgehead atoms. The Morgan fingerprint density at radius 2 is 2.04 bits per heavy atom.